The van der Waals surface area contributed by atoms with Crippen molar-refractivity contribution >= 4 is 11.8 Å². The van der Waals surface area contributed by atoms with E-state index < -0.39 is 18.1 Å². The summed E-state index contributed by atoms with van der Waals surface area (Å²) >= 11 is 0. The number of amides is 2. The van der Waals surface area contributed by atoms with Crippen LogP contribution in [0.3, 0.4) is 0 Å². The molecule has 150 valence electrons. The van der Waals surface area contributed by atoms with Gasteiger partial charge in [-0.25, -0.2) is 0 Å². The molecule has 2 saturated heterocycles. The van der Waals surface area contributed by atoms with Crippen molar-refractivity contribution in [3.63, 3.8) is 0 Å². The lowest BCUT2D eigenvalue weighted by molar-refractivity contribution is -0.187. The average molecular weight is 378 g/mol. The zero-order valence-electron chi connectivity index (χ0n) is 15.9. The molecule has 0 saturated carbocycles. The minimum absolute atomic E-state index is 0.0113. The van der Waals surface area contributed by atoms with E-state index in [0.29, 0.717) is 30.8 Å². The molecule has 0 radical (unpaired) electrons. The third-order valence-electron chi connectivity index (χ3n) is 5.26. The average Bonchev–Trinajstić information content (AvgIpc) is 3.00. The molecule has 0 aliphatic carbocycles. The van der Waals surface area contributed by atoms with Crippen molar-refractivity contribution in [2.24, 2.45) is 0 Å². The molecule has 2 rings (SSSR count). The third-order valence-corrected chi connectivity index (χ3v) is 5.26. The number of likely N-dealkylation sites (N-methyl/N-ethyl adjacent to an activating group) is 1. The first-order valence-corrected chi connectivity index (χ1v) is 9.09. The predicted octanol–water partition coefficient (Wildman–Crippen LogP) is 1.02. The van der Waals surface area contributed by atoms with E-state index in [0.717, 1.165) is 13.1 Å². The Morgan fingerprint density at radius 1 is 1.12 bits per heavy atom. The molecule has 2 fully saturated rings. The Hall–Kier alpha value is -1.35. The summed E-state index contributed by atoms with van der Waals surface area (Å²) in [4.78, 5) is 31.2. The fraction of sp³-hybridized carbons (Fsp3) is 0.882. The van der Waals surface area contributed by atoms with Crippen LogP contribution in [0.15, 0.2) is 0 Å². The highest BCUT2D eigenvalue weighted by Gasteiger charge is 2.48. The molecule has 0 bridgehead atoms. The minimum atomic E-state index is -4.94. The van der Waals surface area contributed by atoms with E-state index >= 15 is 0 Å². The van der Waals surface area contributed by atoms with E-state index in [1.165, 1.54) is 0 Å². The molecule has 2 aliphatic heterocycles. The normalized spacial score (nSPS) is 28.1. The van der Waals surface area contributed by atoms with Crippen LogP contribution in [0, 0.1) is 0 Å². The summed E-state index contributed by atoms with van der Waals surface area (Å²) in [5.74, 6) is -2.26. The van der Waals surface area contributed by atoms with E-state index in [-0.39, 0.29) is 24.5 Å². The van der Waals surface area contributed by atoms with Crippen LogP contribution in [-0.4, -0.2) is 103 Å². The second-order valence-electron chi connectivity index (χ2n) is 7.64. The highest BCUT2D eigenvalue weighted by atomic mass is 19.4. The molecular formula is C17H29F3N4O2. The number of piperazine rings is 1. The number of hydrogen-bond acceptors (Lipinski definition) is 4. The van der Waals surface area contributed by atoms with Gasteiger partial charge < -0.3 is 14.7 Å². The van der Waals surface area contributed by atoms with Gasteiger partial charge in [0.05, 0.1) is 0 Å². The Morgan fingerprint density at radius 3 is 2.19 bits per heavy atom. The zero-order valence-corrected chi connectivity index (χ0v) is 15.9. The molecule has 3 atom stereocenters. The zero-order chi connectivity index (χ0) is 19.6. The van der Waals surface area contributed by atoms with Gasteiger partial charge in [-0.05, 0) is 40.8 Å². The number of halogens is 3. The van der Waals surface area contributed by atoms with Gasteiger partial charge in [-0.15, -0.1) is 0 Å². The molecule has 0 aromatic heterocycles. The summed E-state index contributed by atoms with van der Waals surface area (Å²) in [7, 11) is 4.00. The largest absolute Gasteiger partial charge is 0.471 e. The lowest BCUT2D eigenvalue weighted by Gasteiger charge is -2.45. The molecule has 0 aromatic rings. The summed E-state index contributed by atoms with van der Waals surface area (Å²) in [6.07, 6.45) is -4.22. The van der Waals surface area contributed by atoms with Crippen LogP contribution >= 0.6 is 0 Å². The number of nitrogens with zero attached hydrogens (tertiary/aromatic N) is 4. The van der Waals surface area contributed by atoms with Gasteiger partial charge in [0.2, 0.25) is 5.91 Å². The van der Waals surface area contributed by atoms with Crippen LogP contribution in [0.4, 0.5) is 13.2 Å². The summed E-state index contributed by atoms with van der Waals surface area (Å²) in [5, 5.41) is 0. The number of hydrogen-bond donors (Lipinski definition) is 0. The first-order valence-electron chi connectivity index (χ1n) is 9.09. The SMILES string of the molecule is CC1CN(C(=O)C2CCCN2C(=O)C(F)(F)F)CC(C)N1CCN(C)C. The first kappa shape index (κ1) is 21.0. The number of carbonyl (C=O) groups excluding carboxylic acids is 2. The molecule has 6 nitrogen and oxygen atoms in total. The quantitative estimate of drug-likeness (QED) is 0.733. The van der Waals surface area contributed by atoms with Crippen molar-refractivity contribution in [2.45, 2.75) is 51.0 Å². The molecule has 26 heavy (non-hydrogen) atoms. The summed E-state index contributed by atoms with van der Waals surface area (Å²) in [6.45, 7) is 6.77. The van der Waals surface area contributed by atoms with E-state index in [1.807, 2.05) is 27.9 Å². The fourth-order valence-corrected chi connectivity index (χ4v) is 3.93. The van der Waals surface area contributed by atoms with Crippen molar-refractivity contribution in [3.05, 3.63) is 0 Å². The number of rotatable bonds is 4. The lowest BCUT2D eigenvalue weighted by atomic mass is 10.1. The van der Waals surface area contributed by atoms with E-state index in [2.05, 4.69) is 9.80 Å². The molecule has 0 N–H and O–H groups in total. The highest BCUT2D eigenvalue weighted by Crippen LogP contribution is 2.27. The smallest absolute Gasteiger partial charge is 0.338 e. The van der Waals surface area contributed by atoms with E-state index in [4.69, 9.17) is 0 Å². The minimum Gasteiger partial charge on any atom is -0.338 e. The molecule has 0 spiro atoms. The summed E-state index contributed by atoms with van der Waals surface area (Å²) in [5.41, 5.74) is 0. The Labute approximate surface area is 152 Å². The topological polar surface area (TPSA) is 47.1 Å². The Morgan fingerprint density at radius 2 is 1.69 bits per heavy atom. The van der Waals surface area contributed by atoms with Gasteiger partial charge in [0.25, 0.3) is 0 Å². The van der Waals surface area contributed by atoms with Gasteiger partial charge in [-0.1, -0.05) is 0 Å². The molecule has 0 aromatic carbocycles. The highest BCUT2D eigenvalue weighted by molar-refractivity contribution is 5.90. The lowest BCUT2D eigenvalue weighted by Crippen LogP contribution is -2.61. The second kappa shape index (κ2) is 8.12. The maximum absolute atomic E-state index is 12.8. The van der Waals surface area contributed by atoms with Crippen LogP contribution in [0.25, 0.3) is 0 Å². The molecular weight excluding hydrogens is 349 g/mol. The maximum atomic E-state index is 12.8. The molecule has 2 aliphatic rings. The Balaban J connectivity index is 2.03. The van der Waals surface area contributed by atoms with Gasteiger partial charge in [0, 0.05) is 44.8 Å². The van der Waals surface area contributed by atoms with E-state index in [9.17, 15) is 22.8 Å². The van der Waals surface area contributed by atoms with Gasteiger partial charge >= 0.3 is 12.1 Å². The van der Waals surface area contributed by atoms with E-state index in [1.54, 1.807) is 4.90 Å². The number of alkyl halides is 3. The van der Waals surface area contributed by atoms with Gasteiger partial charge in [0.1, 0.15) is 6.04 Å². The second-order valence-corrected chi connectivity index (χ2v) is 7.64. The first-order chi connectivity index (χ1) is 12.0. The fourth-order valence-electron chi connectivity index (χ4n) is 3.93. The summed E-state index contributed by atoms with van der Waals surface area (Å²) < 4.78 is 38.3. The van der Waals surface area contributed by atoms with Crippen molar-refractivity contribution in [3.8, 4) is 0 Å². The molecule has 2 amide bonds. The third kappa shape index (κ3) is 4.68. The van der Waals surface area contributed by atoms with Crippen LogP contribution < -0.4 is 0 Å². The molecule has 3 unspecified atom stereocenters. The van der Waals surface area contributed by atoms with Crippen molar-refractivity contribution < 1.29 is 22.8 Å². The molecule has 2 heterocycles. The number of likely N-dealkylation sites (tertiary alicyclic amines) is 1. The Bertz CT molecular complexity index is 515. The van der Waals surface area contributed by atoms with Gasteiger partial charge in [-0.2, -0.15) is 13.2 Å². The van der Waals surface area contributed by atoms with Gasteiger partial charge in [0.15, 0.2) is 0 Å². The van der Waals surface area contributed by atoms with Crippen molar-refractivity contribution in [2.75, 3.05) is 46.8 Å². The van der Waals surface area contributed by atoms with Crippen molar-refractivity contribution in [1.82, 2.24) is 19.6 Å². The number of carbonyl (C=O) groups is 2. The monoisotopic (exact) mass is 378 g/mol. The predicted molar refractivity (Wildman–Crippen MR) is 91.6 cm³/mol. The summed E-state index contributed by atoms with van der Waals surface area (Å²) in [6, 6.07) is -0.747. The van der Waals surface area contributed by atoms with Crippen LogP contribution in [0.1, 0.15) is 26.7 Å². The standard InChI is InChI=1S/C17H29F3N4O2/c1-12-10-22(11-13(2)23(12)9-8-21(3)4)15(25)14-6-5-7-24(14)16(26)17(18,19)20/h12-14H,5-11H2,1-4H3. The molecule has 9 heteroatoms. The van der Waals surface area contributed by atoms with Gasteiger partial charge in [-0.3, -0.25) is 14.5 Å². The van der Waals surface area contributed by atoms with Crippen LogP contribution in [0.5, 0.6) is 0 Å². The Kier molecular flexibility index (Phi) is 6.55. The van der Waals surface area contributed by atoms with Crippen molar-refractivity contribution in [1.29, 1.82) is 0 Å². The maximum Gasteiger partial charge on any atom is 0.471 e. The van der Waals surface area contributed by atoms with Crippen LogP contribution in [-0.2, 0) is 9.59 Å². The van der Waals surface area contributed by atoms with Crippen LogP contribution in [0.2, 0.25) is 0 Å².